The van der Waals surface area contributed by atoms with Crippen LogP contribution >= 0.6 is 22.9 Å². The van der Waals surface area contributed by atoms with E-state index >= 15 is 8.78 Å². The summed E-state index contributed by atoms with van der Waals surface area (Å²) in [5.41, 5.74) is -0.462. The number of nitrogens with one attached hydrogen (secondary N) is 1. The van der Waals surface area contributed by atoms with E-state index in [0.29, 0.717) is 29.5 Å². The Hall–Kier alpha value is -3.00. The second-order valence-electron chi connectivity index (χ2n) is 11.5. The molecule has 3 atom stereocenters. The van der Waals surface area contributed by atoms with Gasteiger partial charge in [-0.15, -0.1) is 11.3 Å². The number of rotatable bonds is 10. The van der Waals surface area contributed by atoms with Gasteiger partial charge < -0.3 is 15.2 Å². The van der Waals surface area contributed by atoms with Crippen molar-refractivity contribution in [2.75, 3.05) is 32.8 Å². The molecule has 1 aromatic heterocycles. The number of esters is 1. The number of aliphatic carboxylic acids is 1. The lowest BCUT2D eigenvalue weighted by Gasteiger charge is -2.31. The summed E-state index contributed by atoms with van der Waals surface area (Å²) < 4.78 is 51.2. The van der Waals surface area contributed by atoms with Gasteiger partial charge in [0.15, 0.2) is 10.8 Å². The standard InChI is InChI=1S/C29H33ClF3N5O4S/c1-4-42-26(39)20-18(35-24(25-34-10-13-43-25)36-22(20)16-6-5-7-17(31)21(16)30)14-38-15-29(32,33)23-19(38)8-11-37(23)12-9-28(2,3)27(40)41/h5-7,10,13,19,22-23H,4,8-9,11-12,14-15H2,1-3H3,(H,35,36)(H,40,41)/t19-,22?,23+/m0/s1. The molecule has 2 saturated heterocycles. The average Bonchev–Trinajstić information content (AvgIpc) is 3.68. The highest BCUT2D eigenvalue weighted by Gasteiger charge is 2.59. The Bertz CT molecular complexity index is 1450. The van der Waals surface area contributed by atoms with E-state index < -0.39 is 53.8 Å². The third-order valence-electron chi connectivity index (χ3n) is 8.28. The molecule has 0 amide bonds. The predicted octanol–water partition coefficient (Wildman–Crippen LogP) is 4.74. The van der Waals surface area contributed by atoms with Gasteiger partial charge in [-0.05, 0) is 46.2 Å². The number of carboxylic acids is 1. The first-order valence-corrected chi connectivity index (χ1v) is 15.3. The van der Waals surface area contributed by atoms with Crippen LogP contribution in [-0.4, -0.2) is 88.5 Å². The van der Waals surface area contributed by atoms with Gasteiger partial charge >= 0.3 is 11.9 Å². The van der Waals surface area contributed by atoms with Crippen molar-refractivity contribution < 1.29 is 32.6 Å². The number of carbonyl (C=O) groups is 2. The zero-order chi connectivity index (χ0) is 31.1. The molecule has 1 unspecified atom stereocenters. The highest BCUT2D eigenvalue weighted by Crippen LogP contribution is 2.43. The minimum atomic E-state index is -3.08. The van der Waals surface area contributed by atoms with Crippen LogP contribution in [0.2, 0.25) is 5.02 Å². The minimum absolute atomic E-state index is 0.0520. The number of aliphatic imine (C=N–C) groups is 1. The summed E-state index contributed by atoms with van der Waals surface area (Å²) >= 11 is 7.66. The van der Waals surface area contributed by atoms with E-state index in [0.717, 1.165) is 0 Å². The molecule has 0 bridgehead atoms. The molecule has 3 aliphatic heterocycles. The van der Waals surface area contributed by atoms with Crippen molar-refractivity contribution in [2.45, 2.75) is 57.7 Å². The largest absolute Gasteiger partial charge is 0.481 e. The number of hydrogen-bond donors (Lipinski definition) is 2. The summed E-state index contributed by atoms with van der Waals surface area (Å²) in [6.07, 6.45) is 2.26. The Labute approximate surface area is 256 Å². The Kier molecular flexibility index (Phi) is 8.90. The number of nitrogens with zero attached hydrogens (tertiary/aromatic N) is 4. The number of likely N-dealkylation sites (tertiary alicyclic amines) is 2. The summed E-state index contributed by atoms with van der Waals surface area (Å²) in [5, 5.41) is 14.7. The van der Waals surface area contributed by atoms with E-state index in [-0.39, 0.29) is 42.3 Å². The number of amidine groups is 1. The maximum atomic E-state index is 15.6. The van der Waals surface area contributed by atoms with Gasteiger partial charge in [-0.1, -0.05) is 23.7 Å². The minimum Gasteiger partial charge on any atom is -0.481 e. The summed E-state index contributed by atoms with van der Waals surface area (Å²) in [7, 11) is 0. The number of fused-ring (bicyclic) bond motifs is 1. The highest BCUT2D eigenvalue weighted by molar-refractivity contribution is 7.11. The number of thiazole rings is 1. The lowest BCUT2D eigenvalue weighted by molar-refractivity contribution is -0.147. The number of benzene rings is 1. The zero-order valence-electron chi connectivity index (χ0n) is 23.9. The van der Waals surface area contributed by atoms with E-state index in [4.69, 9.17) is 21.3 Å². The number of halogens is 4. The van der Waals surface area contributed by atoms with E-state index in [2.05, 4.69) is 10.3 Å². The Balaban J connectivity index is 1.51. The van der Waals surface area contributed by atoms with Gasteiger partial charge in [0.1, 0.15) is 11.9 Å². The van der Waals surface area contributed by atoms with Crippen LogP contribution < -0.4 is 5.32 Å². The highest BCUT2D eigenvalue weighted by atomic mass is 35.5. The quantitative estimate of drug-likeness (QED) is 0.359. The Morgan fingerprint density at radius 2 is 2.07 bits per heavy atom. The van der Waals surface area contributed by atoms with Crippen LogP contribution in [0.5, 0.6) is 0 Å². The van der Waals surface area contributed by atoms with E-state index in [9.17, 15) is 19.1 Å². The first-order valence-electron chi connectivity index (χ1n) is 14.0. The van der Waals surface area contributed by atoms with Crippen LogP contribution in [0.25, 0.3) is 0 Å². The topological polar surface area (TPSA) is 107 Å². The van der Waals surface area contributed by atoms with Gasteiger partial charge in [0.25, 0.3) is 5.92 Å². The van der Waals surface area contributed by atoms with Crippen LogP contribution in [0.15, 0.2) is 46.0 Å². The van der Waals surface area contributed by atoms with Crippen LogP contribution in [0.4, 0.5) is 13.2 Å². The first-order chi connectivity index (χ1) is 20.3. The molecule has 9 nitrogen and oxygen atoms in total. The Morgan fingerprint density at radius 1 is 1.30 bits per heavy atom. The maximum absolute atomic E-state index is 15.6. The van der Waals surface area contributed by atoms with Gasteiger partial charge in [0.05, 0.1) is 35.2 Å². The van der Waals surface area contributed by atoms with Gasteiger partial charge in [0.2, 0.25) is 0 Å². The molecule has 0 spiro atoms. The molecule has 4 heterocycles. The zero-order valence-corrected chi connectivity index (χ0v) is 25.5. The first kappa shape index (κ1) is 31.4. The summed E-state index contributed by atoms with van der Waals surface area (Å²) in [4.78, 5) is 37.4. The van der Waals surface area contributed by atoms with Crippen LogP contribution in [0, 0.1) is 11.2 Å². The summed E-state index contributed by atoms with van der Waals surface area (Å²) in [6, 6.07) is 1.50. The number of carboxylic acid groups (broad SMARTS) is 1. The fourth-order valence-electron chi connectivity index (χ4n) is 5.98. The number of hydrogen-bond acceptors (Lipinski definition) is 9. The second kappa shape index (κ2) is 12.2. The number of ether oxygens (including phenoxy) is 1. The van der Waals surface area contributed by atoms with Crippen molar-refractivity contribution in [1.82, 2.24) is 20.1 Å². The molecular formula is C29H33ClF3N5O4S. The van der Waals surface area contributed by atoms with Crippen molar-refractivity contribution >= 4 is 40.7 Å². The molecule has 14 heteroatoms. The van der Waals surface area contributed by atoms with E-state index in [1.807, 2.05) is 0 Å². The van der Waals surface area contributed by atoms with Crippen LogP contribution in [-0.2, 0) is 14.3 Å². The molecular weight excluding hydrogens is 607 g/mol. The van der Waals surface area contributed by atoms with Crippen molar-refractivity contribution in [2.24, 2.45) is 10.4 Å². The normalized spacial score (nSPS) is 24.1. The van der Waals surface area contributed by atoms with E-state index in [1.54, 1.807) is 48.2 Å². The lowest BCUT2D eigenvalue weighted by atomic mass is 9.89. The molecule has 43 heavy (non-hydrogen) atoms. The number of alkyl halides is 2. The van der Waals surface area contributed by atoms with Gasteiger partial charge in [-0.25, -0.2) is 22.9 Å². The molecule has 2 N–H and O–H groups in total. The van der Waals surface area contributed by atoms with Crippen LogP contribution in [0.1, 0.15) is 50.2 Å². The summed E-state index contributed by atoms with van der Waals surface area (Å²) in [5.74, 6) is -5.16. The predicted molar refractivity (Wildman–Crippen MR) is 156 cm³/mol. The second-order valence-corrected chi connectivity index (χ2v) is 12.8. The van der Waals surface area contributed by atoms with Crippen molar-refractivity contribution in [3.63, 3.8) is 0 Å². The molecule has 5 rings (SSSR count). The third kappa shape index (κ3) is 6.17. The van der Waals surface area contributed by atoms with Gasteiger partial charge in [0, 0.05) is 42.0 Å². The molecule has 0 aliphatic carbocycles. The fourth-order valence-corrected chi connectivity index (χ4v) is 6.80. The van der Waals surface area contributed by atoms with Gasteiger partial charge in [-0.2, -0.15) is 0 Å². The summed E-state index contributed by atoms with van der Waals surface area (Å²) in [6.45, 7) is 4.86. The average molecular weight is 640 g/mol. The maximum Gasteiger partial charge on any atom is 0.338 e. The van der Waals surface area contributed by atoms with Crippen molar-refractivity contribution in [1.29, 1.82) is 0 Å². The number of aromatic nitrogens is 1. The van der Waals surface area contributed by atoms with Gasteiger partial charge in [-0.3, -0.25) is 19.6 Å². The third-order valence-corrected chi connectivity index (χ3v) is 9.46. The number of carbonyl (C=O) groups excluding carboxylic acids is 1. The molecule has 0 saturated carbocycles. The van der Waals surface area contributed by atoms with Crippen LogP contribution in [0.3, 0.4) is 0 Å². The monoisotopic (exact) mass is 639 g/mol. The lowest BCUT2D eigenvalue weighted by Crippen LogP contribution is -2.46. The molecule has 0 radical (unpaired) electrons. The molecule has 3 aliphatic rings. The SMILES string of the molecule is CCOC(=O)C1=C(CN2CC(F)(F)[C@H]3[C@@H]2CCN3CCC(C)(C)C(=O)O)NC(c2nccs2)=NC1c1cccc(F)c1Cl. The molecule has 232 valence electrons. The Morgan fingerprint density at radius 3 is 2.74 bits per heavy atom. The molecule has 2 fully saturated rings. The van der Waals surface area contributed by atoms with Crippen molar-refractivity contribution in [3.8, 4) is 0 Å². The smallest absolute Gasteiger partial charge is 0.338 e. The molecule has 1 aromatic carbocycles. The molecule has 2 aromatic rings. The fraction of sp³-hybridized carbons (Fsp3) is 0.517. The van der Waals surface area contributed by atoms with Crippen molar-refractivity contribution in [3.05, 3.63) is 62.5 Å². The van der Waals surface area contributed by atoms with E-state index in [1.165, 1.54) is 23.5 Å².